The molecule has 2 rings (SSSR count). The number of aryl methyl sites for hydroxylation is 1. The monoisotopic (exact) mass is 242 g/mol. The topological polar surface area (TPSA) is 75.3 Å². The Morgan fingerprint density at radius 3 is 2.67 bits per heavy atom. The van der Waals surface area contributed by atoms with Gasteiger partial charge in [-0.15, -0.1) is 0 Å². The molecule has 0 atom stereocenters. The van der Waals surface area contributed by atoms with E-state index in [2.05, 4.69) is 5.32 Å². The number of hydrogen-bond acceptors (Lipinski definition) is 3. The number of nitrogens with two attached hydrogens (primary N) is 1. The normalized spacial score (nSPS) is 10.1. The number of nitrogen functional groups attached to an aromatic ring is 1. The molecule has 0 spiro atoms. The maximum Gasteiger partial charge on any atom is 0.255 e. The standard InChI is InChI=1S/C14H14N2O2/c1-9-7-12(17)5-6-13(9)16-14(18)10-3-2-4-11(15)8-10/h2-8,17H,15H2,1H3,(H,16,18). The summed E-state index contributed by atoms with van der Waals surface area (Å²) in [5.41, 5.74) is 8.14. The highest BCUT2D eigenvalue weighted by Crippen LogP contribution is 2.21. The summed E-state index contributed by atoms with van der Waals surface area (Å²) < 4.78 is 0. The van der Waals surface area contributed by atoms with Gasteiger partial charge in [-0.1, -0.05) is 6.07 Å². The molecule has 0 aliphatic heterocycles. The van der Waals surface area contributed by atoms with E-state index >= 15 is 0 Å². The Morgan fingerprint density at radius 2 is 2.00 bits per heavy atom. The lowest BCUT2D eigenvalue weighted by atomic mass is 10.1. The van der Waals surface area contributed by atoms with Crippen molar-refractivity contribution in [3.63, 3.8) is 0 Å². The van der Waals surface area contributed by atoms with E-state index in [9.17, 15) is 9.90 Å². The second-order valence-corrected chi connectivity index (χ2v) is 4.08. The highest BCUT2D eigenvalue weighted by atomic mass is 16.3. The Balaban J connectivity index is 2.21. The minimum atomic E-state index is -0.226. The summed E-state index contributed by atoms with van der Waals surface area (Å²) in [6, 6.07) is 11.6. The molecule has 0 bridgehead atoms. The van der Waals surface area contributed by atoms with Crippen LogP contribution >= 0.6 is 0 Å². The van der Waals surface area contributed by atoms with Crippen molar-refractivity contribution in [1.29, 1.82) is 0 Å². The molecule has 0 aliphatic carbocycles. The molecule has 0 saturated carbocycles. The number of hydrogen-bond donors (Lipinski definition) is 3. The number of rotatable bonds is 2. The molecule has 2 aromatic carbocycles. The van der Waals surface area contributed by atoms with Crippen LogP contribution in [0.2, 0.25) is 0 Å². The van der Waals surface area contributed by atoms with Gasteiger partial charge < -0.3 is 16.2 Å². The van der Waals surface area contributed by atoms with Gasteiger partial charge in [0.1, 0.15) is 5.75 Å². The van der Waals surface area contributed by atoms with Crippen molar-refractivity contribution < 1.29 is 9.90 Å². The predicted octanol–water partition coefficient (Wildman–Crippen LogP) is 2.54. The molecule has 0 heterocycles. The number of amides is 1. The number of anilines is 2. The van der Waals surface area contributed by atoms with Crippen molar-refractivity contribution in [3.05, 3.63) is 53.6 Å². The third-order valence-corrected chi connectivity index (χ3v) is 2.61. The van der Waals surface area contributed by atoms with Gasteiger partial charge in [-0.2, -0.15) is 0 Å². The maximum atomic E-state index is 12.0. The van der Waals surface area contributed by atoms with Crippen LogP contribution in [0.25, 0.3) is 0 Å². The predicted molar refractivity (Wildman–Crippen MR) is 71.7 cm³/mol. The Bertz CT molecular complexity index is 594. The first kappa shape index (κ1) is 12.0. The Kier molecular flexibility index (Phi) is 3.19. The van der Waals surface area contributed by atoms with E-state index in [0.29, 0.717) is 16.9 Å². The van der Waals surface area contributed by atoms with E-state index in [1.165, 1.54) is 6.07 Å². The van der Waals surface area contributed by atoms with Crippen molar-refractivity contribution >= 4 is 17.3 Å². The number of aromatic hydroxyl groups is 1. The zero-order valence-electron chi connectivity index (χ0n) is 9.97. The molecule has 1 amide bonds. The fourth-order valence-electron chi connectivity index (χ4n) is 1.66. The molecule has 92 valence electrons. The fraction of sp³-hybridized carbons (Fsp3) is 0.0714. The summed E-state index contributed by atoms with van der Waals surface area (Å²) in [6.45, 7) is 1.81. The van der Waals surface area contributed by atoms with Gasteiger partial charge in [0.2, 0.25) is 0 Å². The molecule has 0 aliphatic rings. The van der Waals surface area contributed by atoms with Gasteiger partial charge in [0.15, 0.2) is 0 Å². The van der Waals surface area contributed by atoms with E-state index in [-0.39, 0.29) is 11.7 Å². The summed E-state index contributed by atoms with van der Waals surface area (Å²) in [6.07, 6.45) is 0. The van der Waals surface area contributed by atoms with Crippen molar-refractivity contribution in [3.8, 4) is 5.75 Å². The first-order valence-electron chi connectivity index (χ1n) is 5.53. The molecular formula is C14H14N2O2. The van der Waals surface area contributed by atoms with Gasteiger partial charge in [0.05, 0.1) is 0 Å². The number of phenolic OH excluding ortho intramolecular Hbond substituents is 1. The number of carbonyl (C=O) groups excluding carboxylic acids is 1. The van der Waals surface area contributed by atoms with Gasteiger partial charge in [-0.25, -0.2) is 0 Å². The van der Waals surface area contributed by atoms with Gasteiger partial charge in [0, 0.05) is 16.9 Å². The molecule has 2 aromatic rings. The SMILES string of the molecule is Cc1cc(O)ccc1NC(=O)c1cccc(N)c1. The molecule has 0 aromatic heterocycles. The minimum absolute atomic E-state index is 0.175. The van der Waals surface area contributed by atoms with Crippen LogP contribution in [0.3, 0.4) is 0 Å². The van der Waals surface area contributed by atoms with E-state index < -0.39 is 0 Å². The van der Waals surface area contributed by atoms with Crippen LogP contribution in [-0.2, 0) is 0 Å². The lowest BCUT2D eigenvalue weighted by Crippen LogP contribution is -2.12. The van der Waals surface area contributed by atoms with Crippen molar-refractivity contribution in [2.45, 2.75) is 6.92 Å². The average molecular weight is 242 g/mol. The fourth-order valence-corrected chi connectivity index (χ4v) is 1.66. The summed E-state index contributed by atoms with van der Waals surface area (Å²) in [4.78, 5) is 12.0. The van der Waals surface area contributed by atoms with E-state index in [1.54, 1.807) is 36.4 Å². The average Bonchev–Trinajstić information content (AvgIpc) is 2.32. The quantitative estimate of drug-likeness (QED) is 0.559. The zero-order valence-corrected chi connectivity index (χ0v) is 9.97. The highest BCUT2D eigenvalue weighted by molar-refractivity contribution is 6.05. The molecule has 18 heavy (non-hydrogen) atoms. The van der Waals surface area contributed by atoms with Gasteiger partial charge >= 0.3 is 0 Å². The number of benzene rings is 2. The van der Waals surface area contributed by atoms with Crippen LogP contribution in [-0.4, -0.2) is 11.0 Å². The van der Waals surface area contributed by atoms with Gasteiger partial charge in [-0.3, -0.25) is 4.79 Å². The first-order valence-corrected chi connectivity index (χ1v) is 5.53. The molecule has 4 nitrogen and oxygen atoms in total. The second kappa shape index (κ2) is 4.79. The molecule has 0 unspecified atom stereocenters. The molecule has 0 radical (unpaired) electrons. The Labute approximate surface area is 105 Å². The Hall–Kier alpha value is -2.49. The lowest BCUT2D eigenvalue weighted by molar-refractivity contribution is 0.102. The van der Waals surface area contributed by atoms with Crippen LogP contribution in [0.15, 0.2) is 42.5 Å². The molecular weight excluding hydrogens is 228 g/mol. The van der Waals surface area contributed by atoms with Crippen LogP contribution in [0.5, 0.6) is 5.75 Å². The van der Waals surface area contributed by atoms with Crippen molar-refractivity contribution in [1.82, 2.24) is 0 Å². The van der Waals surface area contributed by atoms with Crippen LogP contribution in [0.1, 0.15) is 15.9 Å². The van der Waals surface area contributed by atoms with Gasteiger partial charge in [0.25, 0.3) is 5.91 Å². The third kappa shape index (κ3) is 2.60. The largest absolute Gasteiger partial charge is 0.508 e. The van der Waals surface area contributed by atoms with E-state index in [4.69, 9.17) is 5.73 Å². The van der Waals surface area contributed by atoms with Crippen molar-refractivity contribution in [2.24, 2.45) is 0 Å². The molecule has 0 saturated heterocycles. The maximum absolute atomic E-state index is 12.0. The van der Waals surface area contributed by atoms with Crippen LogP contribution in [0, 0.1) is 6.92 Å². The van der Waals surface area contributed by atoms with Crippen LogP contribution in [0.4, 0.5) is 11.4 Å². The summed E-state index contributed by atoms with van der Waals surface area (Å²) in [5.74, 6) is -0.0504. The van der Waals surface area contributed by atoms with E-state index in [0.717, 1.165) is 5.56 Å². The summed E-state index contributed by atoms with van der Waals surface area (Å²) in [5, 5.41) is 12.1. The Morgan fingerprint density at radius 1 is 1.22 bits per heavy atom. The highest BCUT2D eigenvalue weighted by Gasteiger charge is 2.08. The first-order chi connectivity index (χ1) is 8.56. The number of carbonyl (C=O) groups is 1. The summed E-state index contributed by atoms with van der Waals surface area (Å²) >= 11 is 0. The smallest absolute Gasteiger partial charge is 0.255 e. The second-order valence-electron chi connectivity index (χ2n) is 4.08. The molecule has 0 fully saturated rings. The lowest BCUT2D eigenvalue weighted by Gasteiger charge is -2.09. The molecule has 4 heteroatoms. The summed E-state index contributed by atoms with van der Waals surface area (Å²) in [7, 11) is 0. The number of phenols is 1. The molecule has 4 N–H and O–H groups in total. The minimum Gasteiger partial charge on any atom is -0.508 e. The van der Waals surface area contributed by atoms with Gasteiger partial charge in [-0.05, 0) is 48.9 Å². The van der Waals surface area contributed by atoms with E-state index in [1.807, 2.05) is 6.92 Å². The number of nitrogens with one attached hydrogen (secondary N) is 1. The van der Waals surface area contributed by atoms with Crippen molar-refractivity contribution in [2.75, 3.05) is 11.1 Å². The van der Waals surface area contributed by atoms with Crippen LogP contribution < -0.4 is 11.1 Å². The zero-order chi connectivity index (χ0) is 13.1. The third-order valence-electron chi connectivity index (χ3n) is 2.61.